The number of hydrogen-bond acceptors (Lipinski definition) is 4. The number of ether oxygens (including phenoxy) is 2. The van der Waals surface area contributed by atoms with Crippen molar-refractivity contribution in [3.05, 3.63) is 58.7 Å². The van der Waals surface area contributed by atoms with Crippen LogP contribution in [-0.4, -0.2) is 25.1 Å². The first-order valence-electron chi connectivity index (χ1n) is 9.59. The average molecular weight is 383 g/mol. The summed E-state index contributed by atoms with van der Waals surface area (Å²) in [6, 6.07) is 11.6. The minimum atomic E-state index is -0.582. The van der Waals surface area contributed by atoms with Crippen LogP contribution in [0, 0.1) is 13.8 Å². The van der Waals surface area contributed by atoms with Gasteiger partial charge in [-0.2, -0.15) is 0 Å². The lowest BCUT2D eigenvalue weighted by atomic mass is 9.98. The molecule has 0 spiro atoms. The van der Waals surface area contributed by atoms with Crippen LogP contribution in [0.2, 0.25) is 0 Å². The summed E-state index contributed by atoms with van der Waals surface area (Å²) in [5.74, 6) is 0.0884. The second-order valence-corrected chi connectivity index (χ2v) is 7.13. The van der Waals surface area contributed by atoms with Crippen molar-refractivity contribution < 1.29 is 19.1 Å². The van der Waals surface area contributed by atoms with Gasteiger partial charge in [-0.15, -0.1) is 0 Å². The van der Waals surface area contributed by atoms with E-state index in [1.54, 1.807) is 0 Å². The molecule has 0 saturated carbocycles. The lowest BCUT2D eigenvalue weighted by molar-refractivity contribution is -0.149. The molecule has 1 N–H and O–H groups in total. The van der Waals surface area contributed by atoms with Crippen LogP contribution in [0.4, 0.5) is 5.69 Å². The SMILES string of the molecule is CCc1cccc(C)c1NC(=O)COC(=O)COc1ccc(C(C)C)c(C)c1. The van der Waals surface area contributed by atoms with Crippen molar-refractivity contribution in [3.8, 4) is 5.75 Å². The Morgan fingerprint density at radius 3 is 2.43 bits per heavy atom. The Hall–Kier alpha value is -2.82. The van der Waals surface area contributed by atoms with E-state index in [1.807, 2.05) is 57.2 Å². The van der Waals surface area contributed by atoms with Crippen molar-refractivity contribution in [2.75, 3.05) is 18.5 Å². The Balaban J connectivity index is 1.83. The zero-order chi connectivity index (χ0) is 20.7. The zero-order valence-electron chi connectivity index (χ0n) is 17.3. The van der Waals surface area contributed by atoms with Crippen molar-refractivity contribution in [1.29, 1.82) is 0 Å². The summed E-state index contributed by atoms with van der Waals surface area (Å²) in [5.41, 5.74) is 5.16. The largest absolute Gasteiger partial charge is 0.482 e. The fourth-order valence-corrected chi connectivity index (χ4v) is 3.09. The number of nitrogens with one attached hydrogen (secondary N) is 1. The highest BCUT2D eigenvalue weighted by atomic mass is 16.6. The molecule has 0 aliphatic rings. The maximum absolute atomic E-state index is 12.1. The topological polar surface area (TPSA) is 64.6 Å². The normalized spacial score (nSPS) is 10.6. The van der Waals surface area contributed by atoms with Gasteiger partial charge in [-0.1, -0.05) is 45.0 Å². The van der Waals surface area contributed by atoms with E-state index >= 15 is 0 Å². The number of carbonyl (C=O) groups excluding carboxylic acids is 2. The highest BCUT2D eigenvalue weighted by Gasteiger charge is 2.12. The number of amides is 1. The van der Waals surface area contributed by atoms with Crippen molar-refractivity contribution in [1.82, 2.24) is 0 Å². The average Bonchev–Trinajstić information content (AvgIpc) is 2.66. The molecule has 0 aliphatic heterocycles. The quantitative estimate of drug-likeness (QED) is 0.679. The number of aryl methyl sites for hydroxylation is 3. The van der Waals surface area contributed by atoms with Crippen LogP contribution >= 0.6 is 0 Å². The lowest BCUT2D eigenvalue weighted by Gasteiger charge is -2.14. The molecule has 1 amide bonds. The molecule has 0 atom stereocenters. The van der Waals surface area contributed by atoms with Gasteiger partial charge in [0.05, 0.1) is 0 Å². The van der Waals surface area contributed by atoms with Gasteiger partial charge < -0.3 is 14.8 Å². The highest BCUT2D eigenvalue weighted by Crippen LogP contribution is 2.23. The molecule has 2 aromatic rings. The highest BCUT2D eigenvalue weighted by molar-refractivity contribution is 5.94. The molecule has 0 saturated heterocycles. The molecule has 5 heteroatoms. The van der Waals surface area contributed by atoms with Crippen LogP contribution in [0.15, 0.2) is 36.4 Å². The smallest absolute Gasteiger partial charge is 0.344 e. The molecular weight excluding hydrogens is 354 g/mol. The number of hydrogen-bond donors (Lipinski definition) is 1. The summed E-state index contributed by atoms with van der Waals surface area (Å²) in [4.78, 5) is 24.0. The molecule has 2 rings (SSSR count). The molecule has 150 valence electrons. The van der Waals surface area contributed by atoms with Crippen LogP contribution in [0.1, 0.15) is 48.9 Å². The second kappa shape index (κ2) is 9.93. The van der Waals surface area contributed by atoms with E-state index in [0.29, 0.717) is 11.7 Å². The first kappa shape index (κ1) is 21.5. The molecule has 0 fully saturated rings. The summed E-state index contributed by atoms with van der Waals surface area (Å²) in [5, 5.41) is 2.83. The number of esters is 1. The van der Waals surface area contributed by atoms with E-state index in [-0.39, 0.29) is 19.1 Å². The third kappa shape index (κ3) is 5.84. The van der Waals surface area contributed by atoms with Crippen LogP contribution in [0.25, 0.3) is 0 Å². The standard InChI is InChI=1S/C23H29NO4/c1-6-18-9-7-8-16(4)23(18)24-21(25)13-28-22(26)14-27-19-10-11-20(15(2)3)17(5)12-19/h7-12,15H,6,13-14H2,1-5H3,(H,24,25). The van der Waals surface area contributed by atoms with Crippen molar-refractivity contribution >= 4 is 17.6 Å². The fraction of sp³-hybridized carbons (Fsp3) is 0.391. The Kier molecular flexibility index (Phi) is 7.61. The van der Waals surface area contributed by atoms with Crippen molar-refractivity contribution in [3.63, 3.8) is 0 Å². The molecule has 5 nitrogen and oxygen atoms in total. The predicted octanol–water partition coefficient (Wildman–Crippen LogP) is 4.55. The number of carbonyl (C=O) groups is 2. The Labute approximate surface area is 167 Å². The number of para-hydroxylation sites is 1. The number of anilines is 1. The first-order valence-corrected chi connectivity index (χ1v) is 9.59. The van der Waals surface area contributed by atoms with E-state index in [1.165, 1.54) is 5.56 Å². The van der Waals surface area contributed by atoms with Gasteiger partial charge in [-0.25, -0.2) is 4.79 Å². The maximum Gasteiger partial charge on any atom is 0.344 e. The van der Waals surface area contributed by atoms with Gasteiger partial charge in [0, 0.05) is 5.69 Å². The predicted molar refractivity (Wildman–Crippen MR) is 111 cm³/mol. The summed E-state index contributed by atoms with van der Waals surface area (Å²) < 4.78 is 10.5. The van der Waals surface area contributed by atoms with Gasteiger partial charge in [0.25, 0.3) is 5.91 Å². The van der Waals surface area contributed by atoms with Crippen molar-refractivity contribution in [2.24, 2.45) is 0 Å². The second-order valence-electron chi connectivity index (χ2n) is 7.13. The van der Waals surface area contributed by atoms with Gasteiger partial charge in [-0.3, -0.25) is 4.79 Å². The van der Waals surface area contributed by atoms with E-state index in [2.05, 4.69) is 19.2 Å². The summed E-state index contributed by atoms with van der Waals surface area (Å²) in [6.07, 6.45) is 0.805. The molecule has 28 heavy (non-hydrogen) atoms. The summed E-state index contributed by atoms with van der Waals surface area (Å²) in [7, 11) is 0. The Morgan fingerprint density at radius 1 is 1.04 bits per heavy atom. The lowest BCUT2D eigenvalue weighted by Crippen LogP contribution is -2.24. The minimum absolute atomic E-state index is 0.238. The molecule has 0 unspecified atom stereocenters. The summed E-state index contributed by atoms with van der Waals surface area (Å²) in [6.45, 7) is 9.65. The van der Waals surface area contributed by atoms with Crippen LogP contribution < -0.4 is 10.1 Å². The van der Waals surface area contributed by atoms with Gasteiger partial charge in [0.1, 0.15) is 5.75 Å². The number of benzene rings is 2. The van der Waals surface area contributed by atoms with Gasteiger partial charge in [0.15, 0.2) is 13.2 Å². The molecule has 0 bridgehead atoms. The zero-order valence-corrected chi connectivity index (χ0v) is 17.3. The molecular formula is C23H29NO4. The third-order valence-electron chi connectivity index (χ3n) is 4.59. The summed E-state index contributed by atoms with van der Waals surface area (Å²) >= 11 is 0. The first-order chi connectivity index (χ1) is 13.3. The van der Waals surface area contributed by atoms with Gasteiger partial charge in [-0.05, 0) is 60.6 Å². The molecule has 0 radical (unpaired) electrons. The molecule has 2 aromatic carbocycles. The van der Waals surface area contributed by atoms with Gasteiger partial charge >= 0.3 is 5.97 Å². The molecule has 0 aromatic heterocycles. The van der Waals surface area contributed by atoms with E-state index in [4.69, 9.17) is 9.47 Å². The van der Waals surface area contributed by atoms with Crippen LogP contribution in [0.3, 0.4) is 0 Å². The van der Waals surface area contributed by atoms with Crippen LogP contribution in [0.5, 0.6) is 5.75 Å². The maximum atomic E-state index is 12.1. The Bertz CT molecular complexity index is 842. The van der Waals surface area contributed by atoms with Crippen LogP contribution in [-0.2, 0) is 20.7 Å². The third-order valence-corrected chi connectivity index (χ3v) is 4.59. The van der Waals surface area contributed by atoms with Crippen molar-refractivity contribution in [2.45, 2.75) is 47.0 Å². The van der Waals surface area contributed by atoms with E-state index in [9.17, 15) is 9.59 Å². The number of rotatable bonds is 8. The molecule has 0 aliphatic carbocycles. The Morgan fingerprint density at radius 2 is 1.79 bits per heavy atom. The fourth-order valence-electron chi connectivity index (χ4n) is 3.09. The monoisotopic (exact) mass is 383 g/mol. The van der Waals surface area contributed by atoms with Gasteiger partial charge in [0.2, 0.25) is 0 Å². The molecule has 0 heterocycles. The van der Waals surface area contributed by atoms with E-state index < -0.39 is 5.97 Å². The van der Waals surface area contributed by atoms with E-state index in [0.717, 1.165) is 28.8 Å². The minimum Gasteiger partial charge on any atom is -0.482 e.